The van der Waals surface area contributed by atoms with Crippen LogP contribution in [0.4, 0.5) is 0 Å². The second-order valence-corrected chi connectivity index (χ2v) is 9.73. The molecule has 2 fully saturated rings. The standard InChI is InChI=1S/C26H33ClN2O2/c1-18-6-7-19(2)24(12-18)26(30)28(3)16-20-13-23(14-20)31-22-9-8-21(25(27)15-22)17-29-10-4-5-11-29/h6-9,12,15,20,23H,4-5,10-11,13-14,16-17H2,1-3H3. The van der Waals surface area contributed by atoms with Crippen LogP contribution in [0.5, 0.6) is 5.75 Å². The number of hydrogen-bond acceptors (Lipinski definition) is 3. The number of hydrogen-bond donors (Lipinski definition) is 0. The highest BCUT2D eigenvalue weighted by Gasteiger charge is 2.33. The molecular formula is C26H33ClN2O2. The Hall–Kier alpha value is -2.04. The van der Waals surface area contributed by atoms with Crippen LogP contribution in [0.25, 0.3) is 0 Å². The largest absolute Gasteiger partial charge is 0.490 e. The normalized spacial score (nSPS) is 21.0. The van der Waals surface area contributed by atoms with Crippen LogP contribution >= 0.6 is 11.6 Å². The number of rotatable bonds is 7. The Morgan fingerprint density at radius 1 is 1.13 bits per heavy atom. The molecule has 4 nitrogen and oxygen atoms in total. The van der Waals surface area contributed by atoms with Crippen molar-refractivity contribution < 1.29 is 9.53 Å². The molecule has 1 saturated carbocycles. The molecule has 31 heavy (non-hydrogen) atoms. The van der Waals surface area contributed by atoms with Crippen molar-refractivity contribution in [3.63, 3.8) is 0 Å². The van der Waals surface area contributed by atoms with Crippen molar-refractivity contribution in [3.8, 4) is 5.75 Å². The van der Waals surface area contributed by atoms with Gasteiger partial charge in [0.1, 0.15) is 5.75 Å². The van der Waals surface area contributed by atoms with Crippen molar-refractivity contribution in [1.29, 1.82) is 0 Å². The minimum absolute atomic E-state index is 0.103. The Kier molecular flexibility index (Phi) is 6.88. The van der Waals surface area contributed by atoms with E-state index in [1.165, 1.54) is 31.5 Å². The highest BCUT2D eigenvalue weighted by atomic mass is 35.5. The average molecular weight is 441 g/mol. The summed E-state index contributed by atoms with van der Waals surface area (Å²) in [4.78, 5) is 17.1. The van der Waals surface area contributed by atoms with E-state index in [0.717, 1.165) is 53.4 Å². The summed E-state index contributed by atoms with van der Waals surface area (Å²) in [6, 6.07) is 12.1. The van der Waals surface area contributed by atoms with Gasteiger partial charge in [-0.15, -0.1) is 0 Å². The van der Waals surface area contributed by atoms with E-state index >= 15 is 0 Å². The first kappa shape index (κ1) is 22.2. The lowest BCUT2D eigenvalue weighted by Crippen LogP contribution is -2.42. The number of ether oxygens (including phenoxy) is 1. The third-order valence-electron chi connectivity index (χ3n) is 6.61. The van der Waals surface area contributed by atoms with E-state index in [-0.39, 0.29) is 12.0 Å². The van der Waals surface area contributed by atoms with Gasteiger partial charge < -0.3 is 9.64 Å². The van der Waals surface area contributed by atoms with Gasteiger partial charge in [-0.25, -0.2) is 0 Å². The molecule has 0 radical (unpaired) electrons. The molecule has 2 aliphatic rings. The van der Waals surface area contributed by atoms with Crippen molar-refractivity contribution in [2.45, 2.75) is 52.2 Å². The molecule has 2 aromatic rings. The summed E-state index contributed by atoms with van der Waals surface area (Å²) >= 11 is 6.52. The molecule has 0 unspecified atom stereocenters. The fourth-order valence-electron chi connectivity index (χ4n) is 4.67. The smallest absolute Gasteiger partial charge is 0.253 e. The number of likely N-dealkylation sites (tertiary alicyclic amines) is 1. The maximum Gasteiger partial charge on any atom is 0.253 e. The maximum atomic E-state index is 12.8. The molecule has 166 valence electrons. The monoisotopic (exact) mass is 440 g/mol. The molecule has 1 amide bonds. The van der Waals surface area contributed by atoms with Gasteiger partial charge in [0.15, 0.2) is 0 Å². The quantitative estimate of drug-likeness (QED) is 0.571. The number of benzene rings is 2. The van der Waals surface area contributed by atoms with Crippen LogP contribution in [-0.2, 0) is 6.54 Å². The Balaban J connectivity index is 1.25. The first-order chi connectivity index (χ1) is 14.9. The summed E-state index contributed by atoms with van der Waals surface area (Å²) in [6.45, 7) is 8.04. The van der Waals surface area contributed by atoms with Gasteiger partial charge in [-0.05, 0) is 87.9 Å². The van der Waals surface area contributed by atoms with Gasteiger partial charge in [0, 0.05) is 30.7 Å². The van der Waals surface area contributed by atoms with Gasteiger partial charge in [-0.3, -0.25) is 9.69 Å². The number of carbonyl (C=O) groups is 1. The molecule has 4 rings (SSSR count). The van der Waals surface area contributed by atoms with Gasteiger partial charge in [-0.2, -0.15) is 0 Å². The Morgan fingerprint density at radius 3 is 2.58 bits per heavy atom. The van der Waals surface area contributed by atoms with E-state index in [9.17, 15) is 4.79 Å². The molecule has 0 atom stereocenters. The highest BCUT2D eigenvalue weighted by Crippen LogP contribution is 2.34. The van der Waals surface area contributed by atoms with Crippen molar-refractivity contribution in [2.24, 2.45) is 5.92 Å². The lowest BCUT2D eigenvalue weighted by molar-refractivity contribution is 0.0419. The van der Waals surface area contributed by atoms with E-state index in [2.05, 4.69) is 11.0 Å². The predicted molar refractivity (Wildman–Crippen MR) is 126 cm³/mol. The zero-order valence-corrected chi connectivity index (χ0v) is 19.6. The van der Waals surface area contributed by atoms with E-state index < -0.39 is 0 Å². The summed E-state index contributed by atoms with van der Waals surface area (Å²) in [7, 11) is 1.90. The molecule has 0 spiro atoms. The SMILES string of the molecule is Cc1ccc(C)c(C(=O)N(C)CC2CC(Oc3ccc(CN4CCCC4)c(Cl)c3)C2)c1. The fraction of sp³-hybridized carbons (Fsp3) is 0.500. The molecule has 1 heterocycles. The topological polar surface area (TPSA) is 32.8 Å². The first-order valence-corrected chi connectivity index (χ1v) is 11.8. The van der Waals surface area contributed by atoms with E-state index in [1.54, 1.807) is 0 Å². The second kappa shape index (κ2) is 9.62. The summed E-state index contributed by atoms with van der Waals surface area (Å²) in [5, 5.41) is 0.791. The molecule has 5 heteroatoms. The number of amides is 1. The fourth-order valence-corrected chi connectivity index (χ4v) is 4.90. The van der Waals surface area contributed by atoms with Gasteiger partial charge in [-0.1, -0.05) is 35.4 Å². The molecule has 0 bridgehead atoms. The van der Waals surface area contributed by atoms with Gasteiger partial charge in [0.2, 0.25) is 0 Å². The van der Waals surface area contributed by atoms with Crippen LogP contribution in [0.15, 0.2) is 36.4 Å². The second-order valence-electron chi connectivity index (χ2n) is 9.32. The molecule has 0 aromatic heterocycles. The lowest BCUT2D eigenvalue weighted by atomic mass is 9.82. The molecule has 2 aromatic carbocycles. The van der Waals surface area contributed by atoms with Crippen molar-refractivity contribution in [1.82, 2.24) is 9.80 Å². The zero-order valence-electron chi connectivity index (χ0n) is 18.9. The van der Waals surface area contributed by atoms with Crippen LogP contribution < -0.4 is 4.74 Å². The lowest BCUT2D eigenvalue weighted by Gasteiger charge is -2.37. The summed E-state index contributed by atoms with van der Waals surface area (Å²) in [6.07, 6.45) is 4.71. The molecular weight excluding hydrogens is 408 g/mol. The average Bonchev–Trinajstić information content (AvgIpc) is 3.22. The molecule has 1 aliphatic carbocycles. The van der Waals surface area contributed by atoms with Gasteiger partial charge >= 0.3 is 0 Å². The predicted octanol–water partition coefficient (Wildman–Crippen LogP) is 5.48. The van der Waals surface area contributed by atoms with E-state index in [0.29, 0.717) is 5.92 Å². The number of aryl methyl sites for hydroxylation is 2. The summed E-state index contributed by atoms with van der Waals surface area (Å²) < 4.78 is 6.15. The zero-order chi connectivity index (χ0) is 22.0. The minimum Gasteiger partial charge on any atom is -0.490 e. The van der Waals surface area contributed by atoms with Crippen LogP contribution in [-0.4, -0.2) is 48.5 Å². The van der Waals surface area contributed by atoms with Gasteiger partial charge in [0.25, 0.3) is 5.91 Å². The van der Waals surface area contributed by atoms with Crippen molar-refractivity contribution >= 4 is 17.5 Å². The number of nitrogens with zero attached hydrogens (tertiary/aromatic N) is 2. The van der Waals surface area contributed by atoms with Crippen LogP contribution in [0.1, 0.15) is 52.7 Å². The molecule has 1 aliphatic heterocycles. The van der Waals surface area contributed by atoms with E-state index in [4.69, 9.17) is 16.3 Å². The van der Waals surface area contributed by atoms with Crippen LogP contribution in [0.2, 0.25) is 5.02 Å². The van der Waals surface area contributed by atoms with Gasteiger partial charge in [0.05, 0.1) is 6.10 Å². The van der Waals surface area contributed by atoms with E-state index in [1.807, 2.05) is 56.1 Å². The third-order valence-corrected chi connectivity index (χ3v) is 6.97. The number of halogens is 1. The van der Waals surface area contributed by atoms with Crippen molar-refractivity contribution in [2.75, 3.05) is 26.7 Å². The Labute approximate surface area is 191 Å². The van der Waals surface area contributed by atoms with Crippen molar-refractivity contribution in [3.05, 3.63) is 63.7 Å². The first-order valence-electron chi connectivity index (χ1n) is 11.4. The Morgan fingerprint density at radius 2 is 1.87 bits per heavy atom. The summed E-state index contributed by atoms with van der Waals surface area (Å²) in [5.41, 5.74) is 4.12. The van der Waals surface area contributed by atoms with Crippen LogP contribution in [0.3, 0.4) is 0 Å². The Bertz CT molecular complexity index is 933. The van der Waals surface area contributed by atoms with Crippen LogP contribution in [0, 0.1) is 19.8 Å². The molecule has 1 saturated heterocycles. The molecule has 0 N–H and O–H groups in total. The highest BCUT2D eigenvalue weighted by molar-refractivity contribution is 6.31. The summed E-state index contributed by atoms with van der Waals surface area (Å²) in [5.74, 6) is 1.43. The minimum atomic E-state index is 0.103. The third kappa shape index (κ3) is 5.42. The maximum absolute atomic E-state index is 12.8. The number of carbonyl (C=O) groups excluding carboxylic acids is 1.